The van der Waals surface area contributed by atoms with Crippen LogP contribution in [-0.4, -0.2) is 45.4 Å². The minimum atomic E-state index is -1.26. The highest BCUT2D eigenvalue weighted by Crippen LogP contribution is 2.69. The first kappa shape index (κ1) is 30.7. The van der Waals surface area contributed by atoms with Gasteiger partial charge in [0, 0.05) is 29.9 Å². The average Bonchev–Trinajstić information content (AvgIpc) is 3.09. The summed E-state index contributed by atoms with van der Waals surface area (Å²) >= 11 is 0. The number of hydrogen-bond acceptors (Lipinski definition) is 6. The summed E-state index contributed by atoms with van der Waals surface area (Å²) in [7, 11) is 0. The fourth-order valence-corrected chi connectivity index (χ4v) is 7.83. The van der Waals surface area contributed by atoms with Crippen molar-refractivity contribution in [3.05, 3.63) is 47.1 Å². The molecule has 0 bridgehead atoms. The van der Waals surface area contributed by atoms with E-state index in [0.29, 0.717) is 36.8 Å². The number of aliphatic carboxylic acids is 1. The van der Waals surface area contributed by atoms with Crippen LogP contribution in [0.25, 0.3) is 0 Å². The van der Waals surface area contributed by atoms with E-state index in [1.807, 2.05) is 6.92 Å². The highest BCUT2D eigenvalue weighted by Gasteiger charge is 2.68. The highest BCUT2D eigenvalue weighted by molar-refractivity contribution is 6.12. The number of ether oxygens (including phenoxy) is 1. The molecule has 0 aliphatic heterocycles. The van der Waals surface area contributed by atoms with Crippen LogP contribution in [0.1, 0.15) is 87.5 Å². The van der Waals surface area contributed by atoms with Crippen LogP contribution in [0.5, 0.6) is 0 Å². The lowest BCUT2D eigenvalue weighted by Gasteiger charge is -2.61. The summed E-state index contributed by atoms with van der Waals surface area (Å²) in [4.78, 5) is 51.2. The van der Waals surface area contributed by atoms with Gasteiger partial charge in [-0.25, -0.2) is 0 Å². The van der Waals surface area contributed by atoms with Crippen molar-refractivity contribution in [3.8, 4) is 0 Å². The summed E-state index contributed by atoms with van der Waals surface area (Å²) in [5.74, 6) is -2.11. The summed E-state index contributed by atoms with van der Waals surface area (Å²) in [6, 6.07) is 0. The van der Waals surface area contributed by atoms with E-state index in [2.05, 4.69) is 13.8 Å². The van der Waals surface area contributed by atoms with Gasteiger partial charge in [-0.2, -0.15) is 0 Å². The molecular formula is C32H44O7. The largest absolute Gasteiger partial charge is 0.481 e. The Labute approximate surface area is 232 Å². The normalized spacial score (nSPS) is 36.6. The smallest absolute Gasteiger partial charge is 0.313 e. The fraction of sp³-hybridized carbons (Fsp3) is 0.625. The van der Waals surface area contributed by atoms with Gasteiger partial charge < -0.3 is 14.9 Å². The third kappa shape index (κ3) is 5.60. The van der Waals surface area contributed by atoms with Crippen molar-refractivity contribution in [2.45, 2.75) is 99.2 Å². The summed E-state index contributed by atoms with van der Waals surface area (Å²) in [6.07, 6.45) is 10.2. The highest BCUT2D eigenvalue weighted by atomic mass is 16.5. The van der Waals surface area contributed by atoms with Crippen molar-refractivity contribution in [2.75, 3.05) is 0 Å². The van der Waals surface area contributed by atoms with Crippen LogP contribution in [-0.2, 0) is 23.9 Å². The monoisotopic (exact) mass is 540 g/mol. The van der Waals surface area contributed by atoms with Crippen molar-refractivity contribution in [1.29, 1.82) is 0 Å². The Morgan fingerprint density at radius 3 is 2.21 bits per heavy atom. The molecule has 0 aromatic rings. The second-order valence-electron chi connectivity index (χ2n) is 13.0. The molecule has 6 atom stereocenters. The number of ketones is 2. The summed E-state index contributed by atoms with van der Waals surface area (Å²) in [6.45, 7) is 14.1. The summed E-state index contributed by atoms with van der Waals surface area (Å²) in [5, 5.41) is 20.2. The fourth-order valence-electron chi connectivity index (χ4n) is 7.83. The number of fused-ring (bicyclic) bond motifs is 3. The number of rotatable bonds is 7. The van der Waals surface area contributed by atoms with Gasteiger partial charge >= 0.3 is 11.9 Å². The van der Waals surface area contributed by atoms with E-state index in [4.69, 9.17) is 4.74 Å². The van der Waals surface area contributed by atoms with Gasteiger partial charge in [-0.15, -0.1) is 0 Å². The van der Waals surface area contributed by atoms with Gasteiger partial charge in [0.2, 0.25) is 0 Å². The number of aliphatic hydroxyl groups is 1. The quantitative estimate of drug-likeness (QED) is 0.248. The lowest BCUT2D eigenvalue weighted by Crippen LogP contribution is -2.61. The zero-order valence-corrected chi connectivity index (χ0v) is 24.6. The van der Waals surface area contributed by atoms with Gasteiger partial charge in [0.15, 0.2) is 11.6 Å². The molecule has 0 aromatic carbocycles. The molecule has 3 aliphatic carbocycles. The van der Waals surface area contributed by atoms with Crippen molar-refractivity contribution < 1.29 is 34.1 Å². The molecule has 3 saturated carbocycles. The van der Waals surface area contributed by atoms with Crippen LogP contribution in [0.3, 0.4) is 0 Å². The van der Waals surface area contributed by atoms with Crippen LogP contribution in [0.15, 0.2) is 47.1 Å². The second kappa shape index (κ2) is 10.6. The SMILES string of the molecule is CC(=O)O[C@@H]1CC[C@@]2(C)[C@@H](CC[C@]3(C)/C(=C(\C)C(=O)/C=C/C(C)=C/C=C/C(C)(C)O)C(=O)C[C@@H]23)[C@@]1(C)C(=O)O. The van der Waals surface area contributed by atoms with Crippen LogP contribution in [0, 0.1) is 28.1 Å². The van der Waals surface area contributed by atoms with Gasteiger partial charge in [0.25, 0.3) is 0 Å². The number of esters is 1. The number of carboxylic acids is 1. The Morgan fingerprint density at radius 1 is 1.00 bits per heavy atom. The number of carbonyl (C=O) groups is 4. The Morgan fingerprint density at radius 2 is 1.64 bits per heavy atom. The standard InChI is InChI=1S/C32H44O7/c1-19(10-9-15-29(4,5)38)11-12-22(34)20(2)27-23(35)18-25-30(6)17-14-26(39-21(3)33)32(8,28(36)37)24(30)13-16-31(25,27)7/h9-12,15,24-26,38H,13-14,16-18H2,1-8H3,(H,36,37)/b12-11+,15-9+,19-10+,27-20+/t24-,25+,26-,30+,31+,32-/m1/s1. The first-order valence-electron chi connectivity index (χ1n) is 13.8. The lowest BCUT2D eigenvalue weighted by atomic mass is 9.42. The maximum Gasteiger partial charge on any atom is 0.313 e. The maximum atomic E-state index is 13.5. The average molecular weight is 541 g/mol. The molecule has 7 nitrogen and oxygen atoms in total. The zero-order valence-electron chi connectivity index (χ0n) is 24.6. The molecule has 3 fully saturated rings. The molecule has 3 rings (SSSR count). The number of Topliss-reactive ketones (excluding diaryl/α,β-unsaturated/α-hetero) is 1. The Kier molecular flexibility index (Phi) is 8.39. The number of hydrogen-bond donors (Lipinski definition) is 2. The third-order valence-corrected chi connectivity index (χ3v) is 9.77. The van der Waals surface area contributed by atoms with E-state index in [0.717, 1.165) is 5.57 Å². The van der Waals surface area contributed by atoms with E-state index in [1.54, 1.807) is 52.0 Å². The molecule has 3 aliphatic rings. The van der Waals surface area contributed by atoms with Crippen LogP contribution in [0.2, 0.25) is 0 Å². The van der Waals surface area contributed by atoms with Crippen molar-refractivity contribution >= 4 is 23.5 Å². The molecule has 0 spiro atoms. The molecule has 0 amide bonds. The Bertz CT molecular complexity index is 1180. The first-order chi connectivity index (χ1) is 17.9. The van der Waals surface area contributed by atoms with E-state index in [-0.39, 0.29) is 29.8 Å². The van der Waals surface area contributed by atoms with E-state index < -0.39 is 39.9 Å². The first-order valence-corrected chi connectivity index (χ1v) is 13.8. The van der Waals surface area contributed by atoms with Crippen LogP contribution < -0.4 is 0 Å². The van der Waals surface area contributed by atoms with Gasteiger partial charge in [-0.05, 0) is 83.6 Å². The topological polar surface area (TPSA) is 118 Å². The van der Waals surface area contributed by atoms with Gasteiger partial charge in [-0.3, -0.25) is 19.2 Å². The third-order valence-electron chi connectivity index (χ3n) is 9.77. The Hall–Kier alpha value is -2.80. The molecule has 0 radical (unpaired) electrons. The number of carboxylic acid groups (broad SMARTS) is 1. The van der Waals surface area contributed by atoms with Gasteiger partial charge in [0.05, 0.1) is 5.60 Å². The van der Waals surface area contributed by atoms with Crippen LogP contribution >= 0.6 is 0 Å². The predicted molar refractivity (Wildman–Crippen MR) is 149 cm³/mol. The second-order valence-corrected chi connectivity index (χ2v) is 13.0. The van der Waals surface area contributed by atoms with Gasteiger partial charge in [0.1, 0.15) is 11.5 Å². The zero-order chi connectivity index (χ0) is 29.6. The molecule has 0 heterocycles. The summed E-state index contributed by atoms with van der Waals surface area (Å²) in [5.41, 5.74) is -1.34. The number of carbonyl (C=O) groups excluding carboxylic acids is 3. The lowest BCUT2D eigenvalue weighted by molar-refractivity contribution is -0.204. The minimum absolute atomic E-state index is 0.0388. The Balaban J connectivity index is 1.94. The van der Waals surface area contributed by atoms with Gasteiger partial charge in [-0.1, -0.05) is 43.7 Å². The maximum absolute atomic E-state index is 13.5. The van der Waals surface area contributed by atoms with E-state index in [1.165, 1.54) is 13.0 Å². The predicted octanol–water partition coefficient (Wildman–Crippen LogP) is 5.53. The molecule has 0 saturated heterocycles. The van der Waals surface area contributed by atoms with E-state index >= 15 is 0 Å². The molecular weight excluding hydrogens is 496 g/mol. The number of allylic oxidation sites excluding steroid dienone is 7. The minimum Gasteiger partial charge on any atom is -0.481 e. The van der Waals surface area contributed by atoms with Crippen molar-refractivity contribution in [3.63, 3.8) is 0 Å². The van der Waals surface area contributed by atoms with Crippen LogP contribution in [0.4, 0.5) is 0 Å². The molecule has 0 unspecified atom stereocenters. The van der Waals surface area contributed by atoms with Crippen molar-refractivity contribution in [1.82, 2.24) is 0 Å². The van der Waals surface area contributed by atoms with E-state index in [9.17, 15) is 29.4 Å². The van der Waals surface area contributed by atoms with Crippen molar-refractivity contribution in [2.24, 2.45) is 28.1 Å². The molecule has 39 heavy (non-hydrogen) atoms. The molecule has 0 aromatic heterocycles. The summed E-state index contributed by atoms with van der Waals surface area (Å²) < 4.78 is 5.53. The molecule has 214 valence electrons. The molecule has 7 heteroatoms. The molecule has 2 N–H and O–H groups in total.